The molecule has 1 amide bonds. The fourth-order valence-corrected chi connectivity index (χ4v) is 2.77. The van der Waals surface area contributed by atoms with E-state index in [-0.39, 0.29) is 13.0 Å². The maximum atomic E-state index is 13.0. The third-order valence-electron chi connectivity index (χ3n) is 4.43. The highest BCUT2D eigenvalue weighted by molar-refractivity contribution is 5.82. The zero-order valence-electron chi connectivity index (χ0n) is 10.9. The number of nitrogens with two attached hydrogens (primary N) is 1. The van der Waals surface area contributed by atoms with E-state index in [1.807, 2.05) is 0 Å². The molecule has 1 heterocycles. The molecule has 20 heavy (non-hydrogen) atoms. The normalized spacial score (nSPS) is 29.1. The lowest BCUT2D eigenvalue weighted by Gasteiger charge is -2.38. The van der Waals surface area contributed by atoms with Gasteiger partial charge in [-0.3, -0.25) is 9.59 Å². The van der Waals surface area contributed by atoms with Crippen LogP contribution in [-0.2, 0) is 9.59 Å². The Bertz CT molecular complexity index is 434. The van der Waals surface area contributed by atoms with E-state index < -0.39 is 42.0 Å². The summed E-state index contributed by atoms with van der Waals surface area (Å²) >= 11 is 0. The second-order valence-corrected chi connectivity index (χ2v) is 5.84. The summed E-state index contributed by atoms with van der Waals surface area (Å²) in [5, 5.41) is 8.91. The first-order valence-electron chi connectivity index (χ1n) is 6.46. The Hall–Kier alpha value is -1.31. The molecule has 1 saturated heterocycles. The maximum absolute atomic E-state index is 13.0. The number of carbonyl (C=O) groups excluding carboxylic acids is 1. The van der Waals surface area contributed by atoms with Crippen LogP contribution in [0.15, 0.2) is 0 Å². The van der Waals surface area contributed by atoms with Crippen LogP contribution in [0.25, 0.3) is 0 Å². The Morgan fingerprint density at radius 2 is 1.85 bits per heavy atom. The molecule has 1 atom stereocenters. The highest BCUT2D eigenvalue weighted by atomic mass is 19.4. The molecule has 0 aromatic heterocycles. The van der Waals surface area contributed by atoms with Crippen LogP contribution in [0.3, 0.4) is 0 Å². The molecular formula is C12H17F3N2O3. The van der Waals surface area contributed by atoms with Crippen molar-refractivity contribution in [2.75, 3.05) is 13.1 Å². The second-order valence-electron chi connectivity index (χ2n) is 5.84. The molecule has 0 bridgehead atoms. The van der Waals surface area contributed by atoms with Crippen molar-refractivity contribution < 1.29 is 27.9 Å². The molecule has 2 aliphatic rings. The van der Waals surface area contributed by atoms with Crippen molar-refractivity contribution in [3.8, 4) is 0 Å². The van der Waals surface area contributed by atoms with Gasteiger partial charge in [0.15, 0.2) is 5.41 Å². The fraction of sp³-hybridized carbons (Fsp3) is 0.833. The van der Waals surface area contributed by atoms with Gasteiger partial charge in [0.05, 0.1) is 0 Å². The van der Waals surface area contributed by atoms with E-state index in [2.05, 4.69) is 0 Å². The molecule has 2 fully saturated rings. The molecule has 5 nitrogen and oxygen atoms in total. The van der Waals surface area contributed by atoms with E-state index in [1.165, 1.54) is 0 Å². The van der Waals surface area contributed by atoms with E-state index in [1.54, 1.807) is 0 Å². The van der Waals surface area contributed by atoms with Crippen LogP contribution in [0.5, 0.6) is 0 Å². The number of aliphatic carboxylic acids is 1. The second kappa shape index (κ2) is 4.61. The van der Waals surface area contributed by atoms with E-state index in [9.17, 15) is 22.8 Å². The highest BCUT2D eigenvalue weighted by Crippen LogP contribution is 2.46. The summed E-state index contributed by atoms with van der Waals surface area (Å²) in [7, 11) is 0. The van der Waals surface area contributed by atoms with Gasteiger partial charge in [-0.05, 0) is 25.7 Å². The summed E-state index contributed by atoms with van der Waals surface area (Å²) in [4.78, 5) is 24.0. The third-order valence-corrected chi connectivity index (χ3v) is 4.43. The maximum Gasteiger partial charge on any atom is 0.406 e. The van der Waals surface area contributed by atoms with Crippen molar-refractivity contribution in [2.24, 2.45) is 11.1 Å². The summed E-state index contributed by atoms with van der Waals surface area (Å²) in [6.45, 7) is -1.01. The molecule has 114 valence electrons. The van der Waals surface area contributed by atoms with Crippen molar-refractivity contribution in [3.63, 3.8) is 0 Å². The van der Waals surface area contributed by atoms with Crippen molar-refractivity contribution in [1.29, 1.82) is 0 Å². The van der Waals surface area contributed by atoms with Gasteiger partial charge >= 0.3 is 12.1 Å². The summed E-state index contributed by atoms with van der Waals surface area (Å²) < 4.78 is 38.9. The Morgan fingerprint density at radius 3 is 2.20 bits per heavy atom. The van der Waals surface area contributed by atoms with Crippen molar-refractivity contribution >= 4 is 11.9 Å². The molecule has 0 radical (unpaired) electrons. The van der Waals surface area contributed by atoms with Crippen LogP contribution in [-0.4, -0.2) is 46.7 Å². The molecule has 1 aliphatic carbocycles. The highest BCUT2D eigenvalue weighted by Gasteiger charge is 2.64. The average molecular weight is 294 g/mol. The van der Waals surface area contributed by atoms with E-state index in [4.69, 9.17) is 10.8 Å². The molecule has 0 spiro atoms. The van der Waals surface area contributed by atoms with Crippen LogP contribution in [0, 0.1) is 5.41 Å². The third kappa shape index (κ3) is 2.36. The minimum absolute atomic E-state index is 0.0133. The van der Waals surface area contributed by atoms with Gasteiger partial charge in [-0.25, -0.2) is 0 Å². The molecule has 2 rings (SSSR count). The SMILES string of the molecule is NC1(CC(=O)N2CCC(C(=O)O)(C(F)(F)F)C2)CCC1. The lowest BCUT2D eigenvalue weighted by atomic mass is 9.75. The molecule has 0 aromatic carbocycles. The molecule has 0 aromatic rings. The predicted molar refractivity (Wildman–Crippen MR) is 62.7 cm³/mol. The number of nitrogens with zero attached hydrogens (tertiary/aromatic N) is 1. The van der Waals surface area contributed by atoms with Crippen molar-refractivity contribution in [1.82, 2.24) is 4.90 Å². The van der Waals surface area contributed by atoms with Crippen LogP contribution in [0.1, 0.15) is 32.1 Å². The number of carbonyl (C=O) groups is 2. The van der Waals surface area contributed by atoms with E-state index >= 15 is 0 Å². The minimum atomic E-state index is -4.87. The monoisotopic (exact) mass is 294 g/mol. The summed E-state index contributed by atoms with van der Waals surface area (Å²) in [5.74, 6) is -2.41. The summed E-state index contributed by atoms with van der Waals surface area (Å²) in [6, 6.07) is 0. The minimum Gasteiger partial charge on any atom is -0.481 e. The van der Waals surface area contributed by atoms with Gasteiger partial charge in [-0.15, -0.1) is 0 Å². The Morgan fingerprint density at radius 1 is 1.25 bits per heavy atom. The molecular weight excluding hydrogens is 277 g/mol. The molecule has 3 N–H and O–H groups in total. The topological polar surface area (TPSA) is 83.6 Å². The lowest BCUT2D eigenvalue weighted by molar-refractivity contribution is -0.227. The first-order chi connectivity index (χ1) is 9.10. The quantitative estimate of drug-likeness (QED) is 0.817. The standard InChI is InChI=1S/C12H17F3N2O3/c13-12(14,15)11(9(19)20)4-5-17(7-11)8(18)6-10(16)2-1-3-10/h1-7,16H2,(H,19,20). The number of rotatable bonds is 3. The Kier molecular flexibility index (Phi) is 3.48. The fourth-order valence-electron chi connectivity index (χ4n) is 2.77. The number of halogens is 3. The molecule has 1 unspecified atom stereocenters. The van der Waals surface area contributed by atoms with Crippen LogP contribution >= 0.6 is 0 Å². The number of amides is 1. The average Bonchev–Trinajstić information content (AvgIpc) is 2.72. The first kappa shape index (κ1) is 15.1. The van der Waals surface area contributed by atoms with Crippen LogP contribution in [0.2, 0.25) is 0 Å². The number of hydrogen-bond donors (Lipinski definition) is 2. The largest absolute Gasteiger partial charge is 0.481 e. The number of likely N-dealkylation sites (tertiary alicyclic amines) is 1. The van der Waals surface area contributed by atoms with E-state index in [0.717, 1.165) is 11.3 Å². The van der Waals surface area contributed by atoms with Gasteiger partial charge in [-0.1, -0.05) is 0 Å². The van der Waals surface area contributed by atoms with Gasteiger partial charge in [0.1, 0.15) is 0 Å². The smallest absolute Gasteiger partial charge is 0.406 e. The Labute approximate surface area is 113 Å². The first-order valence-corrected chi connectivity index (χ1v) is 6.46. The van der Waals surface area contributed by atoms with Gasteiger partial charge in [0.2, 0.25) is 5.91 Å². The van der Waals surface area contributed by atoms with Gasteiger partial charge < -0.3 is 15.7 Å². The van der Waals surface area contributed by atoms with Crippen LogP contribution < -0.4 is 5.73 Å². The number of carboxylic acids is 1. The number of carboxylic acid groups (broad SMARTS) is 1. The van der Waals surface area contributed by atoms with Crippen molar-refractivity contribution in [3.05, 3.63) is 0 Å². The molecule has 8 heteroatoms. The zero-order valence-corrected chi connectivity index (χ0v) is 10.9. The van der Waals surface area contributed by atoms with E-state index in [0.29, 0.717) is 12.8 Å². The summed E-state index contributed by atoms with van der Waals surface area (Å²) in [6.07, 6.45) is -3.22. The zero-order chi connectivity index (χ0) is 15.2. The molecule has 1 saturated carbocycles. The molecule has 1 aliphatic heterocycles. The number of hydrogen-bond acceptors (Lipinski definition) is 3. The van der Waals surface area contributed by atoms with Gasteiger partial charge in [0, 0.05) is 25.0 Å². The van der Waals surface area contributed by atoms with Gasteiger partial charge in [0.25, 0.3) is 0 Å². The van der Waals surface area contributed by atoms with Crippen LogP contribution in [0.4, 0.5) is 13.2 Å². The summed E-state index contributed by atoms with van der Waals surface area (Å²) in [5.41, 5.74) is 2.43. The Balaban J connectivity index is 2.07. The van der Waals surface area contributed by atoms with Crippen molar-refractivity contribution in [2.45, 2.75) is 43.8 Å². The predicted octanol–water partition coefficient (Wildman–Crippen LogP) is 1.12. The van der Waals surface area contributed by atoms with Gasteiger partial charge in [-0.2, -0.15) is 13.2 Å². The number of alkyl halides is 3. The lowest BCUT2D eigenvalue weighted by Crippen LogP contribution is -2.51.